The van der Waals surface area contributed by atoms with Crippen LogP contribution >= 0.6 is 0 Å². The minimum Gasteiger partial charge on any atom is -0.490 e. The SMILES string of the molecule is C[C@H]1C[C@H]2[C@@H]3C=C[C@H]4[C@@H]5C(=O)[C@]6(C[C@H]4O)C[C@](O)(Cc4ccc(cc4)O[C@H]([C@@H]35)[C@@H]2[C@@H](C)C1)NC6=O. The third-order valence-corrected chi connectivity index (χ3v) is 10.5. The molecule has 3 heterocycles. The number of benzene rings is 1. The van der Waals surface area contributed by atoms with Crippen LogP contribution in [0.3, 0.4) is 0 Å². The van der Waals surface area contributed by atoms with Gasteiger partial charge in [0.25, 0.3) is 0 Å². The monoisotopic (exact) mass is 477 g/mol. The third-order valence-electron chi connectivity index (χ3n) is 10.5. The Hall–Kier alpha value is -2.18. The Balaban J connectivity index is 1.42. The van der Waals surface area contributed by atoms with Crippen molar-refractivity contribution < 1.29 is 24.5 Å². The molecule has 1 amide bonds. The molecule has 0 radical (unpaired) electrons. The summed E-state index contributed by atoms with van der Waals surface area (Å²) in [4.78, 5) is 27.9. The molecule has 1 aromatic carbocycles. The first kappa shape index (κ1) is 22.1. The molecular weight excluding hydrogens is 442 g/mol. The average molecular weight is 478 g/mol. The average Bonchev–Trinajstić information content (AvgIpc) is 3.24. The number of amides is 1. The predicted octanol–water partition coefficient (Wildman–Crippen LogP) is 2.87. The van der Waals surface area contributed by atoms with Gasteiger partial charge >= 0.3 is 0 Å². The van der Waals surface area contributed by atoms with E-state index in [2.05, 4.69) is 31.3 Å². The third kappa shape index (κ3) is 2.96. The van der Waals surface area contributed by atoms with Gasteiger partial charge in [0.05, 0.1) is 6.10 Å². The van der Waals surface area contributed by atoms with Gasteiger partial charge in [0.2, 0.25) is 5.91 Å². The zero-order valence-electron chi connectivity index (χ0n) is 20.4. The molecule has 5 bridgehead atoms. The zero-order valence-corrected chi connectivity index (χ0v) is 20.4. The van der Waals surface area contributed by atoms with Gasteiger partial charge in [-0.25, -0.2) is 0 Å². The second-order valence-corrected chi connectivity index (χ2v) is 12.7. The van der Waals surface area contributed by atoms with Crippen molar-refractivity contribution in [1.29, 1.82) is 0 Å². The highest BCUT2D eigenvalue weighted by atomic mass is 16.5. The number of carbonyl (C=O) groups excluding carboxylic acids is 2. The van der Waals surface area contributed by atoms with Crippen LogP contribution in [0.1, 0.15) is 45.1 Å². The Labute approximate surface area is 206 Å². The van der Waals surface area contributed by atoms with Crippen LogP contribution in [-0.2, 0) is 16.0 Å². The minimum absolute atomic E-state index is 0.00656. The van der Waals surface area contributed by atoms with Gasteiger partial charge in [0.15, 0.2) is 5.78 Å². The van der Waals surface area contributed by atoms with Crippen molar-refractivity contribution in [1.82, 2.24) is 5.32 Å². The Kier molecular flexibility index (Phi) is 4.53. The van der Waals surface area contributed by atoms with Gasteiger partial charge in [-0.05, 0) is 60.6 Å². The minimum atomic E-state index is -1.51. The molecule has 0 unspecified atom stereocenters. The van der Waals surface area contributed by atoms with E-state index in [1.54, 1.807) is 0 Å². The van der Waals surface area contributed by atoms with E-state index in [9.17, 15) is 19.8 Å². The molecule has 6 nitrogen and oxygen atoms in total. The number of aliphatic hydroxyl groups excluding tert-OH is 1. The fourth-order valence-electron chi connectivity index (χ4n) is 9.41. The van der Waals surface area contributed by atoms with Crippen LogP contribution in [0.15, 0.2) is 36.4 Å². The molecule has 186 valence electrons. The number of Topliss-reactive ketones (excluding diaryl/α,β-unsaturated/α-hetero) is 1. The van der Waals surface area contributed by atoms with Crippen molar-refractivity contribution in [3.8, 4) is 5.75 Å². The van der Waals surface area contributed by atoms with Gasteiger partial charge in [-0.2, -0.15) is 0 Å². The second kappa shape index (κ2) is 7.19. The smallest absolute Gasteiger partial charge is 0.236 e. The number of allylic oxidation sites excluding steroid dienone is 1. The summed E-state index contributed by atoms with van der Waals surface area (Å²) in [7, 11) is 0. The summed E-state index contributed by atoms with van der Waals surface area (Å²) < 4.78 is 6.81. The van der Waals surface area contributed by atoms with E-state index in [-0.39, 0.29) is 48.9 Å². The molecule has 12 atom stereocenters. The fourth-order valence-corrected chi connectivity index (χ4v) is 9.41. The molecule has 3 saturated carbocycles. The van der Waals surface area contributed by atoms with E-state index >= 15 is 0 Å². The maximum Gasteiger partial charge on any atom is 0.236 e. The van der Waals surface area contributed by atoms with Crippen molar-refractivity contribution in [2.45, 2.75) is 63.9 Å². The van der Waals surface area contributed by atoms with E-state index in [1.165, 1.54) is 0 Å². The van der Waals surface area contributed by atoms with E-state index in [0.29, 0.717) is 23.7 Å². The van der Waals surface area contributed by atoms with Crippen molar-refractivity contribution in [2.75, 3.05) is 0 Å². The summed E-state index contributed by atoms with van der Waals surface area (Å²) in [5.41, 5.74) is -2.03. The molecule has 4 fully saturated rings. The fraction of sp³-hybridized carbons (Fsp3) is 0.655. The number of hydrogen-bond donors (Lipinski definition) is 3. The van der Waals surface area contributed by atoms with Crippen molar-refractivity contribution >= 4 is 11.7 Å². The Morgan fingerprint density at radius 2 is 1.77 bits per heavy atom. The summed E-state index contributed by atoms with van der Waals surface area (Å²) in [6, 6.07) is 7.82. The van der Waals surface area contributed by atoms with E-state index < -0.39 is 29.1 Å². The van der Waals surface area contributed by atoms with Gasteiger partial charge in [-0.1, -0.05) is 38.1 Å². The van der Waals surface area contributed by atoms with Crippen LogP contribution in [0.4, 0.5) is 0 Å². The number of carbonyl (C=O) groups is 2. The standard InChI is InChI=1S/C29H35NO5/c1-14-9-15(2)22-20(10-14)18-7-8-19-21(31)12-28-13-29(34,30-27(28)33)11-16-3-5-17(6-4-16)35-25(22)23(18)24(19)26(28)32/h3-8,14-15,18-25,31,34H,9-13H2,1-2H3,(H,30,33)/t14-,15+,18+,19-,20+,21-,22-,23+,24+,25+,28+,29-/m1/s1. The van der Waals surface area contributed by atoms with Gasteiger partial charge in [-0.3, -0.25) is 9.59 Å². The molecule has 1 saturated heterocycles. The number of ether oxygens (including phenoxy) is 1. The normalized spacial score (nSPS) is 51.5. The van der Waals surface area contributed by atoms with Crippen LogP contribution < -0.4 is 10.1 Å². The summed E-state index contributed by atoms with van der Waals surface area (Å²) in [6.45, 7) is 4.65. The predicted molar refractivity (Wildman–Crippen MR) is 128 cm³/mol. The first-order valence-electron chi connectivity index (χ1n) is 13.4. The zero-order chi connectivity index (χ0) is 24.3. The van der Waals surface area contributed by atoms with Crippen molar-refractivity contribution in [3.05, 3.63) is 42.0 Å². The highest BCUT2D eigenvalue weighted by molar-refractivity contribution is 6.09. The maximum absolute atomic E-state index is 14.5. The number of hydrogen-bond acceptors (Lipinski definition) is 5. The topological polar surface area (TPSA) is 95.9 Å². The summed E-state index contributed by atoms with van der Waals surface area (Å²) >= 11 is 0. The second-order valence-electron chi connectivity index (χ2n) is 12.7. The number of aliphatic hydroxyl groups is 2. The molecule has 6 heteroatoms. The van der Waals surface area contributed by atoms with Gasteiger partial charge in [0.1, 0.15) is 23.0 Å². The number of rotatable bonds is 0. The molecule has 0 aromatic heterocycles. The molecule has 4 aliphatic carbocycles. The van der Waals surface area contributed by atoms with Crippen LogP contribution in [0.2, 0.25) is 0 Å². The van der Waals surface area contributed by atoms with E-state index in [4.69, 9.17) is 4.74 Å². The van der Waals surface area contributed by atoms with Crippen molar-refractivity contribution in [3.63, 3.8) is 0 Å². The molecule has 35 heavy (non-hydrogen) atoms. The summed E-state index contributed by atoms with van der Waals surface area (Å²) in [6.07, 6.45) is 5.92. The quantitative estimate of drug-likeness (QED) is 0.395. The maximum atomic E-state index is 14.5. The number of fused-ring (bicyclic) bond motifs is 4. The molecular formula is C29H35NO5. The number of ketones is 1. The summed E-state index contributed by atoms with van der Waals surface area (Å²) in [5.74, 6) is 1.39. The lowest BCUT2D eigenvalue weighted by atomic mass is 9.55. The molecule has 3 N–H and O–H groups in total. The van der Waals surface area contributed by atoms with Crippen LogP contribution in [-0.4, -0.2) is 39.8 Å². The lowest BCUT2D eigenvalue weighted by Gasteiger charge is -2.48. The van der Waals surface area contributed by atoms with Crippen LogP contribution in [0, 0.1) is 52.8 Å². The molecule has 7 aliphatic rings. The van der Waals surface area contributed by atoms with Gasteiger partial charge < -0.3 is 20.3 Å². The van der Waals surface area contributed by atoms with Gasteiger partial charge in [0, 0.05) is 36.5 Å². The molecule has 1 aromatic rings. The van der Waals surface area contributed by atoms with Crippen LogP contribution in [0.25, 0.3) is 0 Å². The Morgan fingerprint density at radius 1 is 1.03 bits per heavy atom. The lowest BCUT2D eigenvalue weighted by Crippen LogP contribution is -2.58. The first-order chi connectivity index (χ1) is 16.7. The van der Waals surface area contributed by atoms with Crippen molar-refractivity contribution in [2.24, 2.45) is 52.8 Å². The van der Waals surface area contributed by atoms with Crippen LogP contribution in [0.5, 0.6) is 5.75 Å². The molecule has 1 spiro atoms. The van der Waals surface area contributed by atoms with Gasteiger partial charge in [-0.15, -0.1) is 0 Å². The summed E-state index contributed by atoms with van der Waals surface area (Å²) in [5, 5.41) is 25.5. The first-order valence-corrected chi connectivity index (χ1v) is 13.4. The van der Waals surface area contributed by atoms with E-state index in [0.717, 1.165) is 24.2 Å². The molecule has 8 rings (SSSR count). The Bertz CT molecular complexity index is 1110. The molecule has 3 aliphatic heterocycles. The Morgan fingerprint density at radius 3 is 2.54 bits per heavy atom. The highest BCUT2D eigenvalue weighted by Gasteiger charge is 2.68. The lowest BCUT2D eigenvalue weighted by molar-refractivity contribution is -0.157. The van der Waals surface area contributed by atoms with E-state index in [1.807, 2.05) is 24.3 Å². The highest BCUT2D eigenvalue weighted by Crippen LogP contribution is 2.62. The number of nitrogens with one attached hydrogen (secondary N) is 1. The largest absolute Gasteiger partial charge is 0.490 e.